The Morgan fingerprint density at radius 1 is 0.485 bits per heavy atom. The highest BCUT2D eigenvalue weighted by molar-refractivity contribution is 6.13. The lowest BCUT2D eigenvalue weighted by Gasteiger charge is -2.19. The molecule has 15 nitrogen and oxygen atoms in total. The third kappa shape index (κ3) is 32.9. The molecule has 0 aromatic heterocycles. The number of carbonyl (C=O) groups excluding carboxylic acids is 2. The molecule has 374 valence electrons. The van der Waals surface area contributed by atoms with Gasteiger partial charge in [-0.1, -0.05) is 128 Å². The van der Waals surface area contributed by atoms with E-state index in [4.69, 9.17) is 49.4 Å². The van der Waals surface area contributed by atoms with Gasteiger partial charge in [0.1, 0.15) is 24.4 Å². The molecule has 0 radical (unpaired) electrons. The van der Waals surface area contributed by atoms with Crippen molar-refractivity contribution in [1.82, 2.24) is 0 Å². The van der Waals surface area contributed by atoms with Gasteiger partial charge in [-0.3, -0.25) is 14.8 Å². The van der Waals surface area contributed by atoms with Crippen molar-refractivity contribution in [3.63, 3.8) is 0 Å². The lowest BCUT2D eigenvalue weighted by atomic mass is 10.0. The number of carbonyl (C=O) groups is 3. The van der Waals surface area contributed by atoms with Crippen LogP contribution >= 0.6 is 0 Å². The van der Waals surface area contributed by atoms with Gasteiger partial charge in [-0.25, -0.2) is 9.59 Å². The fourth-order valence-electron chi connectivity index (χ4n) is 5.32. The molecule has 4 N–H and O–H groups in total. The Bertz CT molecular complexity index is 1870. The van der Waals surface area contributed by atoms with Crippen LogP contribution in [0.2, 0.25) is 0 Å². The first kappa shape index (κ1) is 60.4. The minimum absolute atomic E-state index is 0.0495. The maximum atomic E-state index is 11.5. The van der Waals surface area contributed by atoms with Crippen molar-refractivity contribution in [2.24, 2.45) is 15.7 Å². The number of aliphatic hydroxyl groups excluding tert-OH is 1. The van der Waals surface area contributed by atoms with E-state index in [9.17, 15) is 14.4 Å². The number of carboxylic acids is 1. The monoisotopic (exact) mass is 946 g/mol. The number of aliphatic imine (C=N–C) groups is 2. The summed E-state index contributed by atoms with van der Waals surface area (Å²) in [4.78, 5) is 41.4. The Morgan fingerprint density at radius 3 is 1.15 bits per heavy atom. The van der Waals surface area contributed by atoms with Crippen molar-refractivity contribution in [1.29, 1.82) is 0 Å². The highest BCUT2D eigenvalue weighted by Crippen LogP contribution is 2.13. The van der Waals surface area contributed by atoms with Crippen molar-refractivity contribution < 1.29 is 57.8 Å². The van der Waals surface area contributed by atoms with Crippen LogP contribution in [0.3, 0.4) is 0 Å². The van der Waals surface area contributed by atoms with Crippen molar-refractivity contribution in [3.05, 3.63) is 144 Å². The van der Waals surface area contributed by atoms with Gasteiger partial charge in [0.25, 0.3) is 0 Å². The maximum Gasteiger partial charge on any atom is 0.332 e. The van der Waals surface area contributed by atoms with Crippen LogP contribution < -0.4 is 5.73 Å². The van der Waals surface area contributed by atoms with Crippen LogP contribution in [0, 0.1) is 0 Å². The van der Waals surface area contributed by atoms with E-state index in [1.165, 1.54) is 0 Å². The Labute approximate surface area is 403 Å². The molecule has 15 heteroatoms. The summed E-state index contributed by atoms with van der Waals surface area (Å²) in [6.45, 7) is 17.5. The first-order valence-electron chi connectivity index (χ1n) is 22.8. The minimum atomic E-state index is -0.969. The molecule has 68 heavy (non-hydrogen) atoms. The van der Waals surface area contributed by atoms with Crippen molar-refractivity contribution in [3.8, 4) is 0 Å². The van der Waals surface area contributed by atoms with Gasteiger partial charge in [-0.2, -0.15) is 0 Å². The quantitative estimate of drug-likeness (QED) is 0.0341. The summed E-state index contributed by atoms with van der Waals surface area (Å²) in [5.41, 5.74) is 10.6. The molecule has 0 heterocycles. The topological polar surface area (TPSA) is 207 Å². The molecule has 4 aromatic rings. The molecule has 0 fully saturated rings. The summed E-state index contributed by atoms with van der Waals surface area (Å²) in [6.07, 6.45) is 0.456. The summed E-state index contributed by atoms with van der Waals surface area (Å²) in [7, 11) is 0. The fraction of sp³-hybridized carbons (Fsp3) is 0.453. The zero-order valence-corrected chi connectivity index (χ0v) is 41.1. The highest BCUT2D eigenvalue weighted by atomic mass is 16.6. The van der Waals surface area contributed by atoms with E-state index in [0.717, 1.165) is 33.7 Å². The summed E-state index contributed by atoms with van der Waals surface area (Å²) in [5.74, 6) is -1.47. The molecule has 4 aromatic carbocycles. The predicted octanol–water partition coefficient (Wildman–Crippen LogP) is 7.23. The lowest BCUT2D eigenvalue weighted by molar-refractivity contribution is -0.160. The second kappa shape index (κ2) is 37.3. The third-order valence-corrected chi connectivity index (χ3v) is 8.02. The summed E-state index contributed by atoms with van der Waals surface area (Å²) in [5, 5.41) is 16.8. The molecule has 0 saturated carbocycles. The average Bonchev–Trinajstić information content (AvgIpc) is 3.31. The van der Waals surface area contributed by atoms with Crippen LogP contribution in [0.5, 0.6) is 0 Å². The number of carboxylic acid groups (broad SMARTS) is 1. The first-order valence-corrected chi connectivity index (χ1v) is 22.8. The van der Waals surface area contributed by atoms with Crippen LogP contribution in [0.15, 0.2) is 131 Å². The zero-order chi connectivity index (χ0) is 50.3. The van der Waals surface area contributed by atoms with Crippen molar-refractivity contribution >= 4 is 29.3 Å². The largest absolute Gasteiger partial charge is 0.480 e. The van der Waals surface area contributed by atoms with Crippen LogP contribution in [0.1, 0.15) is 77.1 Å². The highest BCUT2D eigenvalue weighted by Gasteiger charge is 2.16. The average molecular weight is 946 g/mol. The Hall–Kier alpha value is -5.65. The Balaban J connectivity index is 0.000000501. The van der Waals surface area contributed by atoms with E-state index in [-0.39, 0.29) is 37.4 Å². The van der Waals surface area contributed by atoms with E-state index in [0.29, 0.717) is 78.9 Å². The number of aliphatic hydroxyl groups is 1. The van der Waals surface area contributed by atoms with Crippen LogP contribution in [-0.4, -0.2) is 143 Å². The molecule has 0 amide bonds. The summed E-state index contributed by atoms with van der Waals surface area (Å²) >= 11 is 0. The second-order valence-corrected chi connectivity index (χ2v) is 16.3. The number of aliphatic carboxylic acids is 1. The molecule has 0 aliphatic heterocycles. The molecule has 0 bridgehead atoms. The number of nitrogens with zero attached hydrogens (tertiary/aromatic N) is 2. The van der Waals surface area contributed by atoms with E-state index < -0.39 is 11.6 Å². The molecule has 0 atom stereocenters. The fourth-order valence-corrected chi connectivity index (χ4v) is 5.32. The van der Waals surface area contributed by atoms with Gasteiger partial charge in [0.2, 0.25) is 0 Å². The van der Waals surface area contributed by atoms with Gasteiger partial charge in [0, 0.05) is 35.2 Å². The van der Waals surface area contributed by atoms with E-state index in [2.05, 4.69) is 58.3 Å². The number of nitrogens with two attached hydrogens (primary N) is 1. The lowest BCUT2D eigenvalue weighted by Crippen LogP contribution is -2.27. The van der Waals surface area contributed by atoms with Gasteiger partial charge >= 0.3 is 17.9 Å². The molecule has 0 aliphatic carbocycles. The second-order valence-electron chi connectivity index (χ2n) is 16.3. The molecule has 0 saturated heterocycles. The zero-order valence-electron chi connectivity index (χ0n) is 41.1. The van der Waals surface area contributed by atoms with E-state index in [1.54, 1.807) is 6.92 Å². The maximum absolute atomic E-state index is 11.5. The molecular weight excluding hydrogens is 871 g/mol. The summed E-state index contributed by atoms with van der Waals surface area (Å²) < 4.78 is 35.8. The van der Waals surface area contributed by atoms with Gasteiger partial charge in [-0.05, 0) is 41.5 Å². The van der Waals surface area contributed by atoms with Gasteiger partial charge in [-0.15, -0.1) is 0 Å². The van der Waals surface area contributed by atoms with E-state index >= 15 is 0 Å². The first-order chi connectivity index (χ1) is 32.6. The number of ether oxygens (including phenoxy) is 7. The molecule has 0 unspecified atom stereocenters. The van der Waals surface area contributed by atoms with Gasteiger partial charge in [0.05, 0.1) is 84.0 Å². The Morgan fingerprint density at radius 2 is 0.824 bits per heavy atom. The minimum Gasteiger partial charge on any atom is -0.480 e. The normalized spacial score (nSPS) is 10.7. The number of hydrogen-bond donors (Lipinski definition) is 3. The number of esters is 2. The van der Waals surface area contributed by atoms with Crippen LogP contribution in [-0.2, 0) is 47.5 Å². The number of benzene rings is 4. The molecular formula is C53H75N3O12. The predicted molar refractivity (Wildman–Crippen MR) is 267 cm³/mol. The number of rotatable bonds is 25. The van der Waals surface area contributed by atoms with Crippen LogP contribution in [0.4, 0.5) is 0 Å². The molecule has 4 rings (SSSR count). The van der Waals surface area contributed by atoms with Crippen molar-refractivity contribution in [2.75, 3.05) is 92.3 Å². The van der Waals surface area contributed by atoms with Gasteiger partial charge < -0.3 is 49.1 Å². The standard InChI is InChI=1S/C23H29NO4.C17H19NO2.C7H14O2.C6H13NO4/c1-23(2,3)28-21(25)18-27-17-16-26-15-14-24-22(19-10-6-4-7-11-19)20-12-8-5-9-13-20;19-12-14-20-13-11-18-17(15-7-3-1-4-8-15)16-9-5-2-6-10-16;1-5-6(8)9-7(2,3)4;7-1-2-10-3-4-11-5-6(8)9/h4-13H,14-18H2,1-3H3;1-10,19H,11-14H2;5H2,1-4H3;1-5,7H2,(H,8,9). The molecule has 0 spiro atoms. The van der Waals surface area contributed by atoms with Crippen LogP contribution in [0.25, 0.3) is 0 Å². The van der Waals surface area contributed by atoms with Crippen molar-refractivity contribution in [2.45, 2.75) is 66.1 Å². The smallest absolute Gasteiger partial charge is 0.332 e. The van der Waals surface area contributed by atoms with E-state index in [1.807, 2.05) is 114 Å². The summed E-state index contributed by atoms with van der Waals surface area (Å²) in [6, 6.07) is 40.5. The SMILES string of the molecule is CC(C)(C)OC(=O)COCCOCCN=C(c1ccccc1)c1ccccc1.CCC(=O)OC(C)(C)C.NCCOCCOCC(=O)O.OCCOCCN=C(c1ccccc1)c1ccccc1. The van der Waals surface area contributed by atoms with Gasteiger partial charge in [0.15, 0.2) is 0 Å². The number of hydrogen-bond acceptors (Lipinski definition) is 14. The third-order valence-electron chi connectivity index (χ3n) is 8.02. The Kier molecular flexibility index (Phi) is 33.2. The molecule has 0 aliphatic rings.